The number of rotatable bonds is 7. The van der Waals surface area contributed by atoms with E-state index in [0.29, 0.717) is 12.6 Å². The molecule has 2 unspecified atom stereocenters. The lowest BCUT2D eigenvalue weighted by Crippen LogP contribution is -2.52. The molecule has 9 heteroatoms. The predicted molar refractivity (Wildman–Crippen MR) is 116 cm³/mol. The lowest BCUT2D eigenvalue weighted by Gasteiger charge is -2.45. The summed E-state index contributed by atoms with van der Waals surface area (Å²) in [7, 11) is 3.98. The second-order valence-corrected chi connectivity index (χ2v) is 9.41. The summed E-state index contributed by atoms with van der Waals surface area (Å²) in [5.74, 6) is 0. The number of piperidine rings is 1. The molecule has 2 atom stereocenters. The number of halogens is 1. The Kier molecular flexibility index (Phi) is 7.34. The van der Waals surface area contributed by atoms with Crippen molar-refractivity contribution in [2.45, 2.75) is 30.6 Å². The van der Waals surface area contributed by atoms with E-state index in [-0.39, 0.29) is 11.7 Å². The first-order valence-electron chi connectivity index (χ1n) is 10.3. The zero-order valence-corrected chi connectivity index (χ0v) is 18.7. The van der Waals surface area contributed by atoms with Crippen molar-refractivity contribution in [3.8, 4) is 0 Å². The lowest BCUT2D eigenvalue weighted by atomic mass is 10.0. The van der Waals surface area contributed by atoms with Gasteiger partial charge in [0, 0.05) is 56.9 Å². The van der Waals surface area contributed by atoms with E-state index < -0.39 is 0 Å². The third kappa shape index (κ3) is 5.07. The maximum absolute atomic E-state index is 6.35. The highest BCUT2D eigenvalue weighted by molar-refractivity contribution is 7.19. The van der Waals surface area contributed by atoms with Gasteiger partial charge in [-0.05, 0) is 26.0 Å². The Labute approximate surface area is 181 Å². The second-order valence-electron chi connectivity index (χ2n) is 7.81. The molecule has 0 aliphatic carbocycles. The number of likely N-dealkylation sites (N-methyl/N-ethyl adjacent to an activating group) is 1. The number of methoxy groups -OCH3 is 1. The number of hydrogen-bond donors (Lipinski definition) is 0. The van der Waals surface area contributed by atoms with Crippen LogP contribution in [0.3, 0.4) is 0 Å². The van der Waals surface area contributed by atoms with Gasteiger partial charge in [0.05, 0.1) is 29.6 Å². The van der Waals surface area contributed by atoms with Crippen molar-refractivity contribution in [3.63, 3.8) is 0 Å². The molecule has 0 amide bonds. The molecule has 4 rings (SSSR count). The molecule has 2 fully saturated rings. The Morgan fingerprint density at radius 3 is 2.90 bits per heavy atom. The van der Waals surface area contributed by atoms with E-state index in [1.54, 1.807) is 24.8 Å². The largest absolute Gasteiger partial charge is 0.383 e. The van der Waals surface area contributed by atoms with Crippen LogP contribution in [0.15, 0.2) is 18.6 Å². The van der Waals surface area contributed by atoms with Crippen LogP contribution in [-0.2, 0) is 9.47 Å². The first-order valence-corrected chi connectivity index (χ1v) is 11.5. The number of nitrogens with zero attached hydrogens (tertiary/aromatic N) is 5. The summed E-state index contributed by atoms with van der Waals surface area (Å²) in [6.45, 7) is 6.20. The molecule has 2 aromatic heterocycles. The summed E-state index contributed by atoms with van der Waals surface area (Å²) in [6.07, 6.45) is 6.07. The van der Waals surface area contributed by atoms with Crippen molar-refractivity contribution in [1.82, 2.24) is 24.7 Å². The highest BCUT2D eigenvalue weighted by Crippen LogP contribution is 2.36. The normalized spacial score (nSPS) is 23.8. The van der Waals surface area contributed by atoms with Crippen LogP contribution in [-0.4, -0.2) is 96.4 Å². The molecule has 2 aromatic rings. The number of likely N-dealkylation sites (tertiary alicyclic amines) is 1. The first-order chi connectivity index (χ1) is 14.2. The molecular formula is C20H30ClN5O2S. The van der Waals surface area contributed by atoms with Gasteiger partial charge in [0.1, 0.15) is 11.9 Å². The molecule has 0 spiro atoms. The average Bonchev–Trinajstić information content (AvgIpc) is 3.16. The smallest absolute Gasteiger partial charge is 0.143 e. The zero-order valence-electron chi connectivity index (χ0n) is 17.2. The SMILES string of the molecule is COCCN(C)C1CCN(C(c2cc3ncncc3s2)N2CCOC(Cl)C2)CC1. The van der Waals surface area contributed by atoms with Crippen molar-refractivity contribution < 1.29 is 9.47 Å². The van der Waals surface area contributed by atoms with E-state index in [2.05, 4.69) is 37.8 Å². The Balaban J connectivity index is 1.51. The molecule has 0 radical (unpaired) electrons. The Morgan fingerprint density at radius 1 is 1.34 bits per heavy atom. The van der Waals surface area contributed by atoms with Gasteiger partial charge in [-0.3, -0.25) is 9.80 Å². The predicted octanol–water partition coefficient (Wildman–Crippen LogP) is 2.63. The molecule has 7 nitrogen and oxygen atoms in total. The van der Waals surface area contributed by atoms with Gasteiger partial charge >= 0.3 is 0 Å². The quantitative estimate of drug-likeness (QED) is 0.614. The molecule has 0 aromatic carbocycles. The van der Waals surface area contributed by atoms with Gasteiger partial charge < -0.3 is 14.4 Å². The lowest BCUT2D eigenvalue weighted by molar-refractivity contribution is -0.0578. The van der Waals surface area contributed by atoms with Gasteiger partial charge in [-0.25, -0.2) is 9.97 Å². The topological polar surface area (TPSA) is 54.0 Å². The Morgan fingerprint density at radius 2 is 2.17 bits per heavy atom. The summed E-state index contributed by atoms with van der Waals surface area (Å²) < 4.78 is 12.0. The highest BCUT2D eigenvalue weighted by atomic mass is 35.5. The Bertz CT molecular complexity index is 752. The van der Waals surface area contributed by atoms with Crippen LogP contribution < -0.4 is 0 Å². The van der Waals surface area contributed by atoms with Crippen LogP contribution in [0, 0.1) is 0 Å². The minimum atomic E-state index is -0.252. The van der Waals surface area contributed by atoms with Crippen molar-refractivity contribution in [1.29, 1.82) is 0 Å². The van der Waals surface area contributed by atoms with Gasteiger partial charge in [0.25, 0.3) is 0 Å². The molecule has 160 valence electrons. The van der Waals surface area contributed by atoms with Crippen molar-refractivity contribution in [3.05, 3.63) is 23.5 Å². The van der Waals surface area contributed by atoms with Gasteiger partial charge in [0.2, 0.25) is 0 Å². The number of morpholine rings is 1. The average molecular weight is 440 g/mol. The summed E-state index contributed by atoms with van der Waals surface area (Å²) in [6, 6.07) is 2.84. The fourth-order valence-corrected chi connectivity index (χ4v) is 5.78. The number of thiophene rings is 1. The van der Waals surface area contributed by atoms with E-state index in [4.69, 9.17) is 21.1 Å². The van der Waals surface area contributed by atoms with Crippen LogP contribution in [0.5, 0.6) is 0 Å². The summed E-state index contributed by atoms with van der Waals surface area (Å²) >= 11 is 8.15. The second kappa shape index (κ2) is 9.96. The van der Waals surface area contributed by atoms with Crippen LogP contribution in [0.1, 0.15) is 23.9 Å². The highest BCUT2D eigenvalue weighted by Gasteiger charge is 2.35. The van der Waals surface area contributed by atoms with E-state index in [0.717, 1.165) is 62.4 Å². The Hall–Kier alpha value is -0.870. The van der Waals surface area contributed by atoms with Gasteiger partial charge in [-0.1, -0.05) is 11.6 Å². The fraction of sp³-hybridized carbons (Fsp3) is 0.700. The van der Waals surface area contributed by atoms with Crippen LogP contribution in [0.2, 0.25) is 0 Å². The molecule has 2 aliphatic heterocycles. The van der Waals surface area contributed by atoms with E-state index in [1.165, 1.54) is 4.88 Å². The van der Waals surface area contributed by atoms with E-state index >= 15 is 0 Å². The van der Waals surface area contributed by atoms with Crippen LogP contribution >= 0.6 is 22.9 Å². The third-order valence-electron chi connectivity index (χ3n) is 5.99. The number of ether oxygens (including phenoxy) is 2. The molecule has 0 saturated carbocycles. The standard InChI is InChI=1S/C20H30ClN5O2S/c1-24(7-9-27-2)15-3-5-25(6-4-15)20(26-8-10-28-19(21)13-26)17-11-16-18(29-17)12-22-14-23-16/h11-12,14-15,19-20H,3-10,13H2,1-2H3. The van der Waals surface area contributed by atoms with Crippen molar-refractivity contribution in [2.75, 3.05) is 60.1 Å². The molecular weight excluding hydrogens is 410 g/mol. The summed E-state index contributed by atoms with van der Waals surface area (Å²) in [4.78, 5) is 17.5. The van der Waals surface area contributed by atoms with Crippen LogP contribution in [0.4, 0.5) is 0 Å². The minimum Gasteiger partial charge on any atom is -0.383 e. The molecule has 2 saturated heterocycles. The summed E-state index contributed by atoms with van der Waals surface area (Å²) in [5.41, 5.74) is 0.771. The molecule has 4 heterocycles. The van der Waals surface area contributed by atoms with Crippen LogP contribution in [0.25, 0.3) is 10.2 Å². The molecule has 0 bridgehead atoms. The fourth-order valence-electron chi connectivity index (χ4n) is 4.36. The van der Waals surface area contributed by atoms with Gasteiger partial charge in [0.15, 0.2) is 0 Å². The molecule has 29 heavy (non-hydrogen) atoms. The number of alkyl halides is 1. The zero-order chi connectivity index (χ0) is 20.2. The molecule has 0 N–H and O–H groups in total. The van der Waals surface area contributed by atoms with E-state index in [9.17, 15) is 0 Å². The summed E-state index contributed by atoms with van der Waals surface area (Å²) in [5, 5.41) is 0. The van der Waals surface area contributed by atoms with Crippen molar-refractivity contribution in [2.24, 2.45) is 0 Å². The number of aromatic nitrogens is 2. The van der Waals surface area contributed by atoms with E-state index in [1.807, 2.05) is 6.20 Å². The first kappa shape index (κ1) is 21.4. The minimum absolute atomic E-state index is 0.213. The van der Waals surface area contributed by atoms with Gasteiger partial charge in [-0.2, -0.15) is 0 Å². The third-order valence-corrected chi connectivity index (χ3v) is 7.35. The monoisotopic (exact) mass is 439 g/mol. The van der Waals surface area contributed by atoms with Gasteiger partial charge in [-0.15, -0.1) is 11.3 Å². The van der Waals surface area contributed by atoms with Crippen molar-refractivity contribution >= 4 is 33.2 Å². The number of fused-ring (bicyclic) bond motifs is 1. The maximum Gasteiger partial charge on any atom is 0.143 e. The molecule has 2 aliphatic rings. The maximum atomic E-state index is 6.35. The number of hydrogen-bond acceptors (Lipinski definition) is 8.